The van der Waals surface area contributed by atoms with Gasteiger partial charge >= 0.3 is 0 Å². The summed E-state index contributed by atoms with van der Waals surface area (Å²) >= 11 is 12.6. The van der Waals surface area contributed by atoms with Crippen LogP contribution in [0.25, 0.3) is 5.69 Å². The molecule has 1 fully saturated rings. The van der Waals surface area contributed by atoms with E-state index >= 15 is 0 Å². The number of hydrogen-bond donors (Lipinski definition) is 2. The Hall–Kier alpha value is -3.75. The lowest BCUT2D eigenvalue weighted by molar-refractivity contribution is -0.118. The molecule has 9 heteroatoms. The molecule has 2 atom stereocenters. The Morgan fingerprint density at radius 3 is 2.55 bits per heavy atom. The molecular weight excluding hydrogens is 516 g/mol. The molecule has 1 aromatic carbocycles. The summed E-state index contributed by atoms with van der Waals surface area (Å²) in [7, 11) is 0. The third-order valence-corrected chi connectivity index (χ3v) is 7.43. The highest BCUT2D eigenvalue weighted by Crippen LogP contribution is 2.44. The molecule has 2 N–H and O–H groups in total. The van der Waals surface area contributed by atoms with Gasteiger partial charge in [-0.2, -0.15) is 0 Å². The number of nitrogens with one attached hydrogen (secondary N) is 2. The molecule has 0 radical (unpaired) electrons. The summed E-state index contributed by atoms with van der Waals surface area (Å²) in [5.74, 6) is -0.242. The molecule has 0 saturated carbocycles. The van der Waals surface area contributed by atoms with Gasteiger partial charge in [0.25, 0.3) is 0 Å². The molecule has 0 aliphatic carbocycles. The number of aryl methyl sites for hydroxylation is 1. The summed E-state index contributed by atoms with van der Waals surface area (Å²) in [5.41, 5.74) is 6.57. The van der Waals surface area contributed by atoms with E-state index in [0.717, 1.165) is 34.0 Å². The van der Waals surface area contributed by atoms with Gasteiger partial charge in [-0.05, 0) is 80.2 Å². The van der Waals surface area contributed by atoms with Gasteiger partial charge in [-0.15, -0.1) is 0 Å². The number of nitrogens with zero attached hydrogens (tertiary/aromatic N) is 4. The second kappa shape index (κ2) is 10.6. The first-order chi connectivity index (χ1) is 18.3. The van der Waals surface area contributed by atoms with Crippen LogP contribution in [0, 0.1) is 19.8 Å². The standard InChI is InChI=1S/C29H29ClN6OS/c1-17(2)28(37)33-24-11-10-20(15-23(24)30)36-27(26(34-29(36)38)25-9-5-6-13-32-25)22-14-18(3)35(19(22)4)21-8-7-12-31-16-21/h5-17,26-27H,1-4H3,(H,33,37)(H,34,38)/t26-,27+/m0/s1. The number of carbonyl (C=O) groups excluding carboxylic acids is 1. The smallest absolute Gasteiger partial charge is 0.226 e. The van der Waals surface area contributed by atoms with Crippen LogP contribution in [-0.4, -0.2) is 25.6 Å². The van der Waals surface area contributed by atoms with Crippen molar-refractivity contribution in [2.75, 3.05) is 10.2 Å². The van der Waals surface area contributed by atoms with Gasteiger partial charge in [-0.25, -0.2) is 0 Å². The van der Waals surface area contributed by atoms with Gasteiger partial charge in [0.1, 0.15) is 0 Å². The maximum Gasteiger partial charge on any atom is 0.226 e. The number of benzene rings is 1. The van der Waals surface area contributed by atoms with Crippen molar-refractivity contribution in [1.82, 2.24) is 19.9 Å². The Kier molecular flexibility index (Phi) is 7.19. The maximum atomic E-state index is 12.3. The summed E-state index contributed by atoms with van der Waals surface area (Å²) in [4.78, 5) is 23.3. The zero-order valence-electron chi connectivity index (χ0n) is 21.6. The first-order valence-corrected chi connectivity index (χ1v) is 13.2. The Labute approximate surface area is 232 Å². The van der Waals surface area contributed by atoms with Gasteiger partial charge < -0.3 is 20.1 Å². The van der Waals surface area contributed by atoms with Crippen LogP contribution < -0.4 is 15.5 Å². The van der Waals surface area contributed by atoms with Crippen LogP contribution in [0.3, 0.4) is 0 Å². The van der Waals surface area contributed by atoms with Crippen LogP contribution in [0.4, 0.5) is 11.4 Å². The second-order valence-electron chi connectivity index (χ2n) is 9.68. The minimum atomic E-state index is -0.193. The van der Waals surface area contributed by atoms with Crippen molar-refractivity contribution in [3.63, 3.8) is 0 Å². The van der Waals surface area contributed by atoms with Crippen LogP contribution in [0.15, 0.2) is 73.2 Å². The highest BCUT2D eigenvalue weighted by molar-refractivity contribution is 7.80. The van der Waals surface area contributed by atoms with E-state index in [0.29, 0.717) is 15.8 Å². The van der Waals surface area contributed by atoms with Crippen LogP contribution in [-0.2, 0) is 4.79 Å². The van der Waals surface area contributed by atoms with Crippen molar-refractivity contribution >= 4 is 46.2 Å². The van der Waals surface area contributed by atoms with Crippen molar-refractivity contribution in [3.05, 3.63) is 101 Å². The predicted octanol–water partition coefficient (Wildman–Crippen LogP) is 6.31. The molecule has 5 rings (SSSR count). The molecule has 0 bridgehead atoms. The molecule has 0 spiro atoms. The lowest BCUT2D eigenvalue weighted by Gasteiger charge is -2.28. The van der Waals surface area contributed by atoms with Gasteiger partial charge in [0, 0.05) is 35.4 Å². The quantitative estimate of drug-likeness (QED) is 0.277. The van der Waals surface area contributed by atoms with Crippen LogP contribution in [0.1, 0.15) is 48.6 Å². The lowest BCUT2D eigenvalue weighted by atomic mass is 9.96. The van der Waals surface area contributed by atoms with Gasteiger partial charge in [-0.3, -0.25) is 14.8 Å². The number of amides is 1. The fourth-order valence-electron chi connectivity index (χ4n) is 4.95. The fourth-order valence-corrected chi connectivity index (χ4v) is 5.52. The first kappa shape index (κ1) is 25.9. The van der Waals surface area contributed by atoms with E-state index in [1.807, 2.05) is 68.6 Å². The number of carbonyl (C=O) groups is 1. The molecule has 194 valence electrons. The van der Waals surface area contributed by atoms with Gasteiger partial charge in [-0.1, -0.05) is 31.5 Å². The molecule has 1 aliphatic heterocycles. The molecule has 1 amide bonds. The molecule has 38 heavy (non-hydrogen) atoms. The number of rotatable bonds is 6. The Morgan fingerprint density at radius 2 is 1.89 bits per heavy atom. The van der Waals surface area contributed by atoms with Gasteiger partial charge in [0.05, 0.1) is 40.4 Å². The average molecular weight is 545 g/mol. The van der Waals surface area contributed by atoms with Crippen LogP contribution in [0.2, 0.25) is 5.02 Å². The number of anilines is 2. The van der Waals surface area contributed by atoms with E-state index in [-0.39, 0.29) is 23.9 Å². The van der Waals surface area contributed by atoms with E-state index < -0.39 is 0 Å². The molecular formula is C29H29ClN6OS. The monoisotopic (exact) mass is 544 g/mol. The van der Waals surface area contributed by atoms with Gasteiger partial charge in [0.15, 0.2) is 5.11 Å². The maximum absolute atomic E-state index is 12.3. The van der Waals surface area contributed by atoms with Gasteiger partial charge in [0.2, 0.25) is 5.91 Å². The molecule has 4 heterocycles. The molecule has 0 unspecified atom stereocenters. The summed E-state index contributed by atoms with van der Waals surface area (Å²) in [6.45, 7) is 7.89. The summed E-state index contributed by atoms with van der Waals surface area (Å²) in [6, 6.07) is 17.3. The lowest BCUT2D eigenvalue weighted by Crippen LogP contribution is -2.29. The molecule has 1 saturated heterocycles. The zero-order valence-corrected chi connectivity index (χ0v) is 23.2. The number of pyridine rings is 2. The Morgan fingerprint density at radius 1 is 1.08 bits per heavy atom. The van der Waals surface area contributed by atoms with E-state index in [4.69, 9.17) is 23.8 Å². The number of aromatic nitrogens is 3. The zero-order chi connectivity index (χ0) is 27.0. The third kappa shape index (κ3) is 4.77. The average Bonchev–Trinajstić information content (AvgIpc) is 3.41. The first-order valence-electron chi connectivity index (χ1n) is 12.5. The number of thiocarbonyl (C=S) groups is 1. The minimum Gasteiger partial charge on any atom is -0.351 e. The molecule has 3 aromatic heterocycles. The Bertz CT molecular complexity index is 1490. The summed E-state index contributed by atoms with van der Waals surface area (Å²) in [5, 5.41) is 7.42. The minimum absolute atomic E-state index is 0.0889. The largest absolute Gasteiger partial charge is 0.351 e. The molecule has 4 aromatic rings. The van der Waals surface area contributed by atoms with Crippen LogP contribution in [0.5, 0.6) is 0 Å². The van der Waals surface area contributed by atoms with E-state index in [1.54, 1.807) is 12.4 Å². The Balaban J connectivity index is 1.61. The number of halogens is 1. The SMILES string of the molecule is Cc1cc([C@@H]2[C@H](c3ccccn3)NC(=S)N2c2ccc(NC(=O)C(C)C)c(Cl)c2)c(C)n1-c1cccnc1. The summed E-state index contributed by atoms with van der Waals surface area (Å²) in [6.07, 6.45) is 5.43. The second-order valence-corrected chi connectivity index (χ2v) is 10.5. The molecule has 1 aliphatic rings. The fraction of sp³-hybridized carbons (Fsp3) is 0.241. The highest BCUT2D eigenvalue weighted by Gasteiger charge is 2.42. The van der Waals surface area contributed by atoms with Crippen LogP contribution >= 0.6 is 23.8 Å². The van der Waals surface area contributed by atoms with Crippen molar-refractivity contribution in [3.8, 4) is 5.69 Å². The van der Waals surface area contributed by atoms with Crippen molar-refractivity contribution in [2.45, 2.75) is 39.8 Å². The van der Waals surface area contributed by atoms with E-state index in [9.17, 15) is 4.79 Å². The van der Waals surface area contributed by atoms with Crippen molar-refractivity contribution in [1.29, 1.82) is 0 Å². The normalized spacial score (nSPS) is 17.1. The summed E-state index contributed by atoms with van der Waals surface area (Å²) < 4.78 is 2.20. The third-order valence-electron chi connectivity index (χ3n) is 6.80. The van der Waals surface area contributed by atoms with E-state index in [2.05, 4.69) is 50.0 Å². The van der Waals surface area contributed by atoms with Crippen molar-refractivity contribution in [2.24, 2.45) is 5.92 Å². The topological polar surface area (TPSA) is 75.1 Å². The predicted molar refractivity (Wildman–Crippen MR) is 156 cm³/mol. The highest BCUT2D eigenvalue weighted by atomic mass is 35.5. The van der Waals surface area contributed by atoms with E-state index in [1.165, 1.54) is 0 Å². The number of hydrogen-bond acceptors (Lipinski definition) is 4. The van der Waals surface area contributed by atoms with Crippen molar-refractivity contribution < 1.29 is 4.79 Å². The molecule has 7 nitrogen and oxygen atoms in total.